The van der Waals surface area contributed by atoms with Gasteiger partial charge in [0, 0.05) is 0 Å². The fraction of sp³-hybridized carbons (Fsp3) is 0.588. The number of carbonyl (C=O) groups excluding carboxylic acids is 1. The SMILES string of the molecule is CC(C)C1OC2(CCNCC2)CN(c2ccccc2F)C1=O. The quantitative estimate of drug-likeness (QED) is 0.912. The molecule has 1 aromatic rings. The average Bonchev–Trinajstić information content (AvgIpc) is 2.51. The highest BCUT2D eigenvalue weighted by atomic mass is 19.1. The first kappa shape index (κ1) is 15.4. The van der Waals surface area contributed by atoms with Crippen LogP contribution in [-0.4, -0.2) is 37.2 Å². The first-order valence-electron chi connectivity index (χ1n) is 7.97. The van der Waals surface area contributed by atoms with Crippen LogP contribution in [0.5, 0.6) is 0 Å². The number of piperidine rings is 1. The molecule has 2 heterocycles. The molecule has 2 saturated heterocycles. The molecular weight excluding hydrogens is 283 g/mol. The Kier molecular flexibility index (Phi) is 4.19. The highest BCUT2D eigenvalue weighted by Gasteiger charge is 2.47. The number of ether oxygens (including phenoxy) is 1. The van der Waals surface area contributed by atoms with Crippen LogP contribution in [0.25, 0.3) is 0 Å². The van der Waals surface area contributed by atoms with Crippen molar-refractivity contribution in [1.82, 2.24) is 5.32 Å². The van der Waals surface area contributed by atoms with Crippen molar-refractivity contribution in [2.24, 2.45) is 5.92 Å². The second kappa shape index (κ2) is 5.97. The average molecular weight is 306 g/mol. The normalized spacial score (nSPS) is 25.0. The van der Waals surface area contributed by atoms with Crippen LogP contribution < -0.4 is 10.2 Å². The van der Waals surface area contributed by atoms with E-state index in [4.69, 9.17) is 4.74 Å². The molecule has 0 aromatic heterocycles. The molecule has 0 aliphatic carbocycles. The summed E-state index contributed by atoms with van der Waals surface area (Å²) < 4.78 is 20.4. The predicted molar refractivity (Wildman–Crippen MR) is 83.3 cm³/mol. The number of benzene rings is 1. The second-order valence-electron chi connectivity index (χ2n) is 6.59. The molecule has 1 amide bonds. The molecule has 2 aliphatic heterocycles. The molecule has 1 unspecified atom stereocenters. The highest BCUT2D eigenvalue weighted by Crippen LogP contribution is 2.36. The Labute approximate surface area is 130 Å². The van der Waals surface area contributed by atoms with Crippen LogP contribution in [0.3, 0.4) is 0 Å². The summed E-state index contributed by atoms with van der Waals surface area (Å²) in [5.74, 6) is -0.428. The lowest BCUT2D eigenvalue weighted by atomic mass is 9.87. The first-order chi connectivity index (χ1) is 10.5. The van der Waals surface area contributed by atoms with Gasteiger partial charge < -0.3 is 15.0 Å². The fourth-order valence-electron chi connectivity index (χ4n) is 3.33. The maximum absolute atomic E-state index is 14.2. The molecule has 22 heavy (non-hydrogen) atoms. The van der Waals surface area contributed by atoms with E-state index in [0.717, 1.165) is 25.9 Å². The van der Waals surface area contributed by atoms with Crippen LogP contribution in [0.1, 0.15) is 26.7 Å². The number of nitrogens with one attached hydrogen (secondary N) is 1. The number of carbonyl (C=O) groups is 1. The summed E-state index contributed by atoms with van der Waals surface area (Å²) in [4.78, 5) is 14.4. The number of halogens is 1. The van der Waals surface area contributed by atoms with E-state index in [1.807, 2.05) is 13.8 Å². The van der Waals surface area contributed by atoms with E-state index < -0.39 is 6.10 Å². The van der Waals surface area contributed by atoms with Crippen LogP contribution in [0.4, 0.5) is 10.1 Å². The fourth-order valence-corrected chi connectivity index (χ4v) is 3.33. The minimum atomic E-state index is -0.508. The summed E-state index contributed by atoms with van der Waals surface area (Å²) in [6.07, 6.45) is 1.18. The number of nitrogens with zero attached hydrogens (tertiary/aromatic N) is 1. The van der Waals surface area contributed by atoms with Gasteiger partial charge in [0.2, 0.25) is 0 Å². The summed E-state index contributed by atoms with van der Waals surface area (Å²) in [6, 6.07) is 6.48. The van der Waals surface area contributed by atoms with Crippen LogP contribution in [0.2, 0.25) is 0 Å². The van der Waals surface area contributed by atoms with E-state index >= 15 is 0 Å². The van der Waals surface area contributed by atoms with Crippen molar-refractivity contribution >= 4 is 11.6 Å². The van der Waals surface area contributed by atoms with Gasteiger partial charge in [0.15, 0.2) is 0 Å². The van der Waals surface area contributed by atoms with Crippen molar-refractivity contribution < 1.29 is 13.9 Å². The second-order valence-corrected chi connectivity index (χ2v) is 6.59. The summed E-state index contributed by atoms with van der Waals surface area (Å²) in [6.45, 7) is 6.11. The molecule has 1 atom stereocenters. The van der Waals surface area contributed by atoms with Gasteiger partial charge >= 0.3 is 0 Å². The monoisotopic (exact) mass is 306 g/mol. The van der Waals surface area contributed by atoms with Crippen molar-refractivity contribution in [1.29, 1.82) is 0 Å². The summed E-state index contributed by atoms with van der Waals surface area (Å²) in [5.41, 5.74) is -0.00419. The Morgan fingerprint density at radius 1 is 1.32 bits per heavy atom. The zero-order chi connectivity index (χ0) is 15.7. The van der Waals surface area contributed by atoms with Gasteiger partial charge in [0.1, 0.15) is 11.9 Å². The first-order valence-corrected chi connectivity index (χ1v) is 7.97. The van der Waals surface area contributed by atoms with E-state index in [1.165, 1.54) is 6.07 Å². The maximum Gasteiger partial charge on any atom is 0.256 e. The molecule has 0 bridgehead atoms. The molecule has 2 aliphatic rings. The van der Waals surface area contributed by atoms with Gasteiger partial charge in [0.05, 0.1) is 17.8 Å². The Morgan fingerprint density at radius 2 is 2.00 bits per heavy atom. The Hall–Kier alpha value is -1.46. The van der Waals surface area contributed by atoms with Gasteiger partial charge in [-0.2, -0.15) is 0 Å². The number of amides is 1. The molecule has 0 saturated carbocycles. The maximum atomic E-state index is 14.2. The summed E-state index contributed by atoms with van der Waals surface area (Å²) >= 11 is 0. The molecule has 2 fully saturated rings. The number of para-hydroxylation sites is 1. The molecule has 120 valence electrons. The summed E-state index contributed by atoms with van der Waals surface area (Å²) in [5, 5.41) is 3.32. The zero-order valence-corrected chi connectivity index (χ0v) is 13.1. The van der Waals surface area contributed by atoms with Crippen molar-refractivity contribution in [2.75, 3.05) is 24.5 Å². The molecule has 1 aromatic carbocycles. The number of anilines is 1. The predicted octanol–water partition coefficient (Wildman–Crippen LogP) is 2.34. The van der Waals surface area contributed by atoms with Gasteiger partial charge in [-0.3, -0.25) is 4.79 Å². The number of hydrogen-bond acceptors (Lipinski definition) is 3. The minimum absolute atomic E-state index is 0.0637. The Balaban J connectivity index is 1.96. The lowest BCUT2D eigenvalue weighted by molar-refractivity contribution is -0.167. The third kappa shape index (κ3) is 2.75. The lowest BCUT2D eigenvalue weighted by Gasteiger charge is -2.48. The molecule has 5 heteroatoms. The van der Waals surface area contributed by atoms with Crippen molar-refractivity contribution in [3.05, 3.63) is 30.1 Å². The smallest absolute Gasteiger partial charge is 0.256 e. The van der Waals surface area contributed by atoms with Gasteiger partial charge in [0.25, 0.3) is 5.91 Å². The van der Waals surface area contributed by atoms with E-state index in [0.29, 0.717) is 12.2 Å². The molecular formula is C17H23FN2O2. The Bertz CT molecular complexity index is 555. The topological polar surface area (TPSA) is 41.6 Å². The third-order valence-corrected chi connectivity index (χ3v) is 4.60. The zero-order valence-electron chi connectivity index (χ0n) is 13.1. The molecule has 0 radical (unpaired) electrons. The van der Waals surface area contributed by atoms with Gasteiger partial charge in [-0.25, -0.2) is 4.39 Å². The van der Waals surface area contributed by atoms with Crippen LogP contribution in [0.15, 0.2) is 24.3 Å². The number of rotatable bonds is 2. The van der Waals surface area contributed by atoms with Crippen LogP contribution >= 0.6 is 0 Å². The molecule has 1 N–H and O–H groups in total. The van der Waals surface area contributed by atoms with Crippen LogP contribution in [-0.2, 0) is 9.53 Å². The standard InChI is InChI=1S/C17H23FN2O2/c1-12(2)15-16(21)20(14-6-4-3-5-13(14)18)11-17(22-15)7-9-19-10-8-17/h3-6,12,15,19H,7-11H2,1-2H3. The van der Waals surface area contributed by atoms with Crippen molar-refractivity contribution in [3.8, 4) is 0 Å². The summed E-state index contributed by atoms with van der Waals surface area (Å²) in [7, 11) is 0. The van der Waals surface area contributed by atoms with Crippen LogP contribution in [0, 0.1) is 11.7 Å². The van der Waals surface area contributed by atoms with Gasteiger partial charge in [-0.05, 0) is 44.0 Å². The van der Waals surface area contributed by atoms with E-state index in [1.54, 1.807) is 23.1 Å². The molecule has 1 spiro atoms. The third-order valence-electron chi connectivity index (χ3n) is 4.60. The largest absolute Gasteiger partial charge is 0.360 e. The Morgan fingerprint density at radius 3 is 2.64 bits per heavy atom. The van der Waals surface area contributed by atoms with Crippen molar-refractivity contribution in [2.45, 2.75) is 38.4 Å². The highest BCUT2D eigenvalue weighted by molar-refractivity contribution is 5.97. The minimum Gasteiger partial charge on any atom is -0.360 e. The van der Waals surface area contributed by atoms with E-state index in [9.17, 15) is 9.18 Å². The van der Waals surface area contributed by atoms with E-state index in [2.05, 4.69) is 5.32 Å². The molecule has 3 rings (SSSR count). The van der Waals surface area contributed by atoms with Gasteiger partial charge in [-0.1, -0.05) is 26.0 Å². The van der Waals surface area contributed by atoms with E-state index in [-0.39, 0.29) is 23.2 Å². The van der Waals surface area contributed by atoms with Crippen molar-refractivity contribution in [3.63, 3.8) is 0 Å². The number of morpholine rings is 1. The molecule has 4 nitrogen and oxygen atoms in total. The number of hydrogen-bond donors (Lipinski definition) is 1. The van der Waals surface area contributed by atoms with Gasteiger partial charge in [-0.15, -0.1) is 0 Å². The lowest BCUT2D eigenvalue weighted by Crippen LogP contribution is -2.63.